The number of amides is 1. The van der Waals surface area contributed by atoms with Gasteiger partial charge in [0, 0.05) is 18.8 Å². The van der Waals surface area contributed by atoms with Gasteiger partial charge in [-0.25, -0.2) is 13.6 Å². The highest BCUT2D eigenvalue weighted by molar-refractivity contribution is 7.89. The number of anilines is 1. The van der Waals surface area contributed by atoms with Crippen molar-refractivity contribution in [3.05, 3.63) is 23.8 Å². The number of likely N-dealkylation sites (N-methyl/N-ethyl adjacent to an activating group) is 1. The molecule has 0 aliphatic carbocycles. The van der Waals surface area contributed by atoms with E-state index in [1.165, 1.54) is 18.2 Å². The van der Waals surface area contributed by atoms with Crippen LogP contribution in [-0.2, 0) is 10.0 Å². The first kappa shape index (κ1) is 17.4. The quantitative estimate of drug-likeness (QED) is 0.612. The van der Waals surface area contributed by atoms with E-state index in [1.807, 2.05) is 13.8 Å². The summed E-state index contributed by atoms with van der Waals surface area (Å²) in [6, 6.07) is 4.02. The lowest BCUT2D eigenvalue weighted by Gasteiger charge is -2.18. The van der Waals surface area contributed by atoms with Crippen molar-refractivity contribution in [2.75, 3.05) is 31.9 Å². The Labute approximate surface area is 125 Å². The van der Waals surface area contributed by atoms with Crippen LogP contribution in [0.1, 0.15) is 24.2 Å². The monoisotopic (exact) mass is 314 g/mol. The van der Waals surface area contributed by atoms with Gasteiger partial charge in [0.2, 0.25) is 10.0 Å². The number of hydrogen-bond acceptors (Lipinski definition) is 5. The largest absolute Gasteiger partial charge is 0.399 e. The second kappa shape index (κ2) is 7.39. The van der Waals surface area contributed by atoms with E-state index in [0.29, 0.717) is 13.1 Å². The van der Waals surface area contributed by atoms with E-state index in [2.05, 4.69) is 10.2 Å². The van der Waals surface area contributed by atoms with E-state index in [0.717, 1.165) is 13.1 Å². The lowest BCUT2D eigenvalue weighted by Crippen LogP contribution is -2.35. The number of benzene rings is 1. The zero-order valence-corrected chi connectivity index (χ0v) is 13.1. The molecule has 0 aromatic heterocycles. The molecule has 21 heavy (non-hydrogen) atoms. The number of rotatable bonds is 7. The van der Waals surface area contributed by atoms with Crippen LogP contribution in [0, 0.1) is 0 Å². The summed E-state index contributed by atoms with van der Waals surface area (Å²) in [6.07, 6.45) is 0. The predicted octanol–water partition coefficient (Wildman–Crippen LogP) is -0.0122. The second-order valence-electron chi connectivity index (χ2n) is 4.58. The fourth-order valence-electron chi connectivity index (χ4n) is 1.92. The number of carbonyl (C=O) groups is 1. The summed E-state index contributed by atoms with van der Waals surface area (Å²) in [5.74, 6) is -0.480. The molecule has 0 saturated carbocycles. The lowest BCUT2D eigenvalue weighted by atomic mass is 10.2. The van der Waals surface area contributed by atoms with Gasteiger partial charge < -0.3 is 16.0 Å². The number of nitrogens with one attached hydrogen (secondary N) is 1. The molecule has 0 unspecified atom stereocenters. The maximum absolute atomic E-state index is 12.1. The fraction of sp³-hybridized carbons (Fsp3) is 0.462. The Kier molecular flexibility index (Phi) is 6.13. The molecule has 0 saturated heterocycles. The Balaban J connectivity index is 2.84. The van der Waals surface area contributed by atoms with Crippen molar-refractivity contribution in [3.8, 4) is 0 Å². The van der Waals surface area contributed by atoms with Crippen LogP contribution in [0.25, 0.3) is 0 Å². The van der Waals surface area contributed by atoms with Gasteiger partial charge in [0.15, 0.2) is 0 Å². The third-order valence-corrected chi connectivity index (χ3v) is 4.12. The van der Waals surface area contributed by atoms with Gasteiger partial charge in [0.1, 0.15) is 0 Å². The summed E-state index contributed by atoms with van der Waals surface area (Å²) >= 11 is 0. The van der Waals surface area contributed by atoms with Crippen molar-refractivity contribution < 1.29 is 13.2 Å². The number of nitrogens with zero attached hydrogens (tertiary/aromatic N) is 1. The first-order valence-corrected chi connectivity index (χ1v) is 8.27. The maximum Gasteiger partial charge on any atom is 0.252 e. The normalized spacial score (nSPS) is 11.6. The highest BCUT2D eigenvalue weighted by Gasteiger charge is 2.19. The molecule has 8 heteroatoms. The first-order chi connectivity index (χ1) is 9.79. The first-order valence-electron chi connectivity index (χ1n) is 6.72. The Morgan fingerprint density at radius 3 is 2.43 bits per heavy atom. The molecule has 0 bridgehead atoms. The molecule has 0 aliphatic heterocycles. The molecule has 0 spiro atoms. The van der Waals surface area contributed by atoms with Crippen molar-refractivity contribution in [3.63, 3.8) is 0 Å². The minimum absolute atomic E-state index is 0.00578. The molecule has 0 heterocycles. The molecule has 1 amide bonds. The smallest absolute Gasteiger partial charge is 0.252 e. The highest BCUT2D eigenvalue weighted by atomic mass is 32.2. The number of hydrogen-bond donors (Lipinski definition) is 3. The number of sulfonamides is 1. The van der Waals surface area contributed by atoms with E-state index < -0.39 is 15.9 Å². The van der Waals surface area contributed by atoms with Gasteiger partial charge >= 0.3 is 0 Å². The van der Waals surface area contributed by atoms with Crippen molar-refractivity contribution in [2.45, 2.75) is 18.7 Å². The highest BCUT2D eigenvalue weighted by Crippen LogP contribution is 2.17. The Bertz CT molecular complexity index is 597. The molecular weight excluding hydrogens is 292 g/mol. The minimum atomic E-state index is -4.00. The summed E-state index contributed by atoms with van der Waals surface area (Å²) in [5, 5.41) is 7.80. The van der Waals surface area contributed by atoms with Gasteiger partial charge in [-0.3, -0.25) is 4.79 Å². The van der Waals surface area contributed by atoms with Crippen LogP contribution in [0.15, 0.2) is 23.1 Å². The molecule has 5 N–H and O–H groups in total. The number of nitrogens with two attached hydrogens (primary N) is 2. The Hall–Kier alpha value is -1.64. The average molecular weight is 314 g/mol. The van der Waals surface area contributed by atoms with Crippen LogP contribution < -0.4 is 16.2 Å². The van der Waals surface area contributed by atoms with Crippen LogP contribution in [0.3, 0.4) is 0 Å². The zero-order chi connectivity index (χ0) is 16.0. The van der Waals surface area contributed by atoms with E-state index in [9.17, 15) is 13.2 Å². The number of carbonyl (C=O) groups excluding carboxylic acids is 1. The van der Waals surface area contributed by atoms with Gasteiger partial charge in [0.25, 0.3) is 5.91 Å². The number of primary sulfonamides is 1. The number of nitrogen functional groups attached to an aromatic ring is 1. The lowest BCUT2D eigenvalue weighted by molar-refractivity contribution is 0.0945. The summed E-state index contributed by atoms with van der Waals surface area (Å²) < 4.78 is 23.0. The van der Waals surface area contributed by atoms with Crippen LogP contribution in [0.5, 0.6) is 0 Å². The molecule has 0 fully saturated rings. The maximum atomic E-state index is 12.1. The van der Waals surface area contributed by atoms with E-state index >= 15 is 0 Å². The van der Waals surface area contributed by atoms with Crippen molar-refractivity contribution in [1.29, 1.82) is 0 Å². The summed E-state index contributed by atoms with van der Waals surface area (Å²) in [7, 11) is -4.00. The predicted molar refractivity (Wildman–Crippen MR) is 82.3 cm³/mol. The molecule has 1 aromatic rings. The third kappa shape index (κ3) is 5.00. The minimum Gasteiger partial charge on any atom is -0.399 e. The molecule has 0 radical (unpaired) electrons. The molecular formula is C13H22N4O3S. The summed E-state index contributed by atoms with van der Waals surface area (Å²) in [5.41, 5.74) is 5.78. The van der Waals surface area contributed by atoms with Crippen LogP contribution in [0.4, 0.5) is 5.69 Å². The average Bonchev–Trinajstić information content (AvgIpc) is 2.42. The molecule has 0 aliphatic rings. The van der Waals surface area contributed by atoms with Crippen molar-refractivity contribution >= 4 is 21.6 Å². The fourth-order valence-corrected chi connectivity index (χ4v) is 2.69. The van der Waals surface area contributed by atoms with Gasteiger partial charge in [-0.05, 0) is 31.3 Å². The summed E-state index contributed by atoms with van der Waals surface area (Å²) in [4.78, 5) is 14.0. The molecule has 1 rings (SSSR count). The topological polar surface area (TPSA) is 119 Å². The molecule has 1 aromatic carbocycles. The van der Waals surface area contributed by atoms with Gasteiger partial charge in [-0.1, -0.05) is 13.8 Å². The van der Waals surface area contributed by atoms with Crippen molar-refractivity contribution in [2.24, 2.45) is 5.14 Å². The van der Waals surface area contributed by atoms with Gasteiger partial charge in [0.05, 0.1) is 10.5 Å². The van der Waals surface area contributed by atoms with Crippen LogP contribution in [-0.4, -0.2) is 45.4 Å². The molecule has 7 nitrogen and oxygen atoms in total. The Morgan fingerprint density at radius 2 is 1.90 bits per heavy atom. The molecule has 118 valence electrons. The van der Waals surface area contributed by atoms with Crippen LogP contribution >= 0.6 is 0 Å². The Morgan fingerprint density at radius 1 is 1.29 bits per heavy atom. The third-order valence-electron chi connectivity index (χ3n) is 3.16. The van der Waals surface area contributed by atoms with E-state index in [4.69, 9.17) is 10.9 Å². The standard InChI is InChI=1S/C13H22N4O3S/c1-3-17(4-2)8-7-16-13(18)11-6-5-10(14)9-12(11)21(15,19)20/h5-6,9H,3-4,7-8,14H2,1-2H3,(H,16,18)(H2,15,19,20). The van der Waals surface area contributed by atoms with Crippen LogP contribution in [0.2, 0.25) is 0 Å². The van der Waals surface area contributed by atoms with E-state index in [1.54, 1.807) is 0 Å². The van der Waals surface area contributed by atoms with E-state index in [-0.39, 0.29) is 16.1 Å². The van der Waals surface area contributed by atoms with Crippen molar-refractivity contribution in [1.82, 2.24) is 10.2 Å². The molecule has 0 atom stereocenters. The SMILES string of the molecule is CCN(CC)CCNC(=O)c1ccc(N)cc1S(N)(=O)=O. The second-order valence-corrected chi connectivity index (χ2v) is 6.11. The van der Waals surface area contributed by atoms with Gasteiger partial charge in [-0.15, -0.1) is 0 Å². The van der Waals surface area contributed by atoms with Gasteiger partial charge in [-0.2, -0.15) is 0 Å². The summed E-state index contributed by atoms with van der Waals surface area (Å²) in [6.45, 7) is 6.95. The zero-order valence-electron chi connectivity index (χ0n) is 12.3.